The summed E-state index contributed by atoms with van der Waals surface area (Å²) in [5.41, 5.74) is 0. The smallest absolute Gasteiger partial charge is 0.313 e. The highest BCUT2D eigenvalue weighted by Gasteiger charge is 1.97. The van der Waals surface area contributed by atoms with Gasteiger partial charge in [-0.3, -0.25) is 9.59 Å². The fraction of sp³-hybridized carbons (Fsp3) is 0.750. The Labute approximate surface area is 97.0 Å². The van der Waals surface area contributed by atoms with Gasteiger partial charge < -0.3 is 15.5 Å². The summed E-state index contributed by atoms with van der Waals surface area (Å²) >= 11 is 2.73. The molecule has 88 valence electrons. The van der Waals surface area contributed by atoms with E-state index in [9.17, 15) is 9.59 Å². The maximum absolute atomic E-state index is 10.1. The summed E-state index contributed by atoms with van der Waals surface area (Å²) < 4.78 is 0. The topological polar surface area (TPSA) is 86.6 Å². The number of carboxylic acid groups (broad SMARTS) is 2. The van der Waals surface area contributed by atoms with Crippen molar-refractivity contribution in [3.63, 3.8) is 0 Å². The summed E-state index contributed by atoms with van der Waals surface area (Å²) in [6.45, 7) is 1.51. The van der Waals surface area contributed by atoms with E-state index < -0.39 is 11.9 Å². The van der Waals surface area contributed by atoms with Gasteiger partial charge in [-0.05, 0) is 0 Å². The van der Waals surface area contributed by atoms with Crippen LogP contribution in [0.25, 0.3) is 0 Å². The normalized spacial score (nSPS) is 10.1. The standard InChI is InChI=1S/C8H15NO4S2/c10-7(11)5-14-3-1-9-2-4-15-6-8(12)13/h9H,1-6H2,(H,10,11)(H,12,13). The van der Waals surface area contributed by atoms with Crippen molar-refractivity contribution in [3.8, 4) is 0 Å². The second-order valence-electron chi connectivity index (χ2n) is 2.64. The summed E-state index contributed by atoms with van der Waals surface area (Å²) in [5, 5.41) is 19.8. The molecule has 0 aliphatic rings. The van der Waals surface area contributed by atoms with Crippen molar-refractivity contribution in [2.45, 2.75) is 0 Å². The lowest BCUT2D eigenvalue weighted by molar-refractivity contribution is -0.134. The van der Waals surface area contributed by atoms with Crippen molar-refractivity contribution < 1.29 is 19.8 Å². The van der Waals surface area contributed by atoms with E-state index in [1.807, 2.05) is 0 Å². The fourth-order valence-corrected chi connectivity index (χ4v) is 1.95. The minimum Gasteiger partial charge on any atom is -0.481 e. The van der Waals surface area contributed by atoms with Gasteiger partial charge in [0.05, 0.1) is 11.5 Å². The van der Waals surface area contributed by atoms with Gasteiger partial charge in [0, 0.05) is 24.6 Å². The number of aliphatic carboxylic acids is 2. The number of nitrogens with one attached hydrogen (secondary N) is 1. The molecule has 0 aromatic rings. The first kappa shape index (κ1) is 14.6. The average Bonchev–Trinajstić information content (AvgIpc) is 2.14. The molecule has 0 spiro atoms. The Kier molecular flexibility index (Phi) is 9.86. The highest BCUT2D eigenvalue weighted by atomic mass is 32.2. The fourth-order valence-electron chi connectivity index (χ4n) is 0.733. The molecule has 0 bridgehead atoms. The van der Waals surface area contributed by atoms with Crippen LogP contribution in [0.5, 0.6) is 0 Å². The van der Waals surface area contributed by atoms with E-state index in [-0.39, 0.29) is 11.5 Å². The largest absolute Gasteiger partial charge is 0.481 e. The third-order valence-corrected chi connectivity index (χ3v) is 3.19. The Morgan fingerprint density at radius 2 is 1.33 bits per heavy atom. The minimum atomic E-state index is -0.794. The minimum absolute atomic E-state index is 0.134. The van der Waals surface area contributed by atoms with Gasteiger partial charge in [0.1, 0.15) is 0 Å². The van der Waals surface area contributed by atoms with Crippen molar-refractivity contribution in [2.75, 3.05) is 36.1 Å². The first-order chi connectivity index (χ1) is 7.13. The second kappa shape index (κ2) is 10.1. The SMILES string of the molecule is O=C(O)CSCCNCCSCC(=O)O. The zero-order valence-corrected chi connectivity index (χ0v) is 9.90. The van der Waals surface area contributed by atoms with Crippen LogP contribution in [-0.2, 0) is 9.59 Å². The first-order valence-corrected chi connectivity index (χ1v) is 6.73. The van der Waals surface area contributed by atoms with Crippen LogP contribution < -0.4 is 5.32 Å². The molecule has 0 atom stereocenters. The zero-order chi connectivity index (χ0) is 11.5. The summed E-state index contributed by atoms with van der Waals surface area (Å²) in [5.74, 6) is 0.200. The van der Waals surface area contributed by atoms with E-state index in [0.717, 1.165) is 24.6 Å². The van der Waals surface area contributed by atoms with Crippen LogP contribution in [-0.4, -0.2) is 58.3 Å². The third kappa shape index (κ3) is 13.6. The van der Waals surface area contributed by atoms with Gasteiger partial charge in [-0.1, -0.05) is 0 Å². The van der Waals surface area contributed by atoms with E-state index >= 15 is 0 Å². The van der Waals surface area contributed by atoms with Gasteiger partial charge in [-0.25, -0.2) is 0 Å². The molecule has 0 aliphatic carbocycles. The zero-order valence-electron chi connectivity index (χ0n) is 8.27. The van der Waals surface area contributed by atoms with E-state index in [4.69, 9.17) is 10.2 Å². The molecular weight excluding hydrogens is 238 g/mol. The molecule has 0 saturated heterocycles. The molecule has 0 fully saturated rings. The molecular formula is C8H15NO4S2. The van der Waals surface area contributed by atoms with Gasteiger partial charge in [-0.15, -0.1) is 23.5 Å². The Morgan fingerprint density at radius 3 is 1.67 bits per heavy atom. The Bertz CT molecular complexity index is 181. The Balaban J connectivity index is 2.99. The van der Waals surface area contributed by atoms with Gasteiger partial charge in [0.25, 0.3) is 0 Å². The molecule has 0 saturated carbocycles. The molecule has 0 aromatic carbocycles. The van der Waals surface area contributed by atoms with E-state index in [1.54, 1.807) is 0 Å². The van der Waals surface area contributed by atoms with E-state index in [0.29, 0.717) is 0 Å². The number of thioether (sulfide) groups is 2. The predicted molar refractivity (Wildman–Crippen MR) is 62.8 cm³/mol. The molecule has 3 N–H and O–H groups in total. The molecule has 0 unspecified atom stereocenters. The molecule has 5 nitrogen and oxygen atoms in total. The lowest BCUT2D eigenvalue weighted by Gasteiger charge is -2.02. The number of carboxylic acids is 2. The summed E-state index contributed by atoms with van der Waals surface area (Å²) in [6.07, 6.45) is 0. The highest BCUT2D eigenvalue weighted by Crippen LogP contribution is 1.98. The van der Waals surface area contributed by atoms with Crippen LogP contribution in [0.2, 0.25) is 0 Å². The van der Waals surface area contributed by atoms with Crippen LogP contribution in [0.3, 0.4) is 0 Å². The highest BCUT2D eigenvalue weighted by molar-refractivity contribution is 8.00. The first-order valence-electron chi connectivity index (χ1n) is 4.42. The van der Waals surface area contributed by atoms with Crippen molar-refractivity contribution in [1.82, 2.24) is 5.32 Å². The molecule has 0 amide bonds. The Morgan fingerprint density at radius 1 is 0.933 bits per heavy atom. The van der Waals surface area contributed by atoms with E-state index in [1.165, 1.54) is 23.5 Å². The number of carbonyl (C=O) groups is 2. The van der Waals surface area contributed by atoms with Crippen molar-refractivity contribution in [3.05, 3.63) is 0 Å². The second-order valence-corrected chi connectivity index (χ2v) is 4.85. The van der Waals surface area contributed by atoms with Crippen LogP contribution >= 0.6 is 23.5 Å². The molecule has 15 heavy (non-hydrogen) atoms. The molecule has 7 heteroatoms. The number of hydrogen-bond donors (Lipinski definition) is 3. The summed E-state index contributed by atoms with van der Waals surface area (Å²) in [6, 6.07) is 0. The number of hydrogen-bond acceptors (Lipinski definition) is 5. The number of rotatable bonds is 10. The lowest BCUT2D eigenvalue weighted by Crippen LogP contribution is -2.21. The lowest BCUT2D eigenvalue weighted by atomic mass is 10.7. The maximum Gasteiger partial charge on any atom is 0.313 e. The maximum atomic E-state index is 10.1. The van der Waals surface area contributed by atoms with Gasteiger partial charge in [0.15, 0.2) is 0 Å². The third-order valence-electron chi connectivity index (χ3n) is 1.30. The molecule has 0 aliphatic heterocycles. The van der Waals surface area contributed by atoms with Crippen LogP contribution in [0.4, 0.5) is 0 Å². The van der Waals surface area contributed by atoms with Crippen LogP contribution in [0.15, 0.2) is 0 Å². The summed E-state index contributed by atoms with van der Waals surface area (Å²) in [4.78, 5) is 20.3. The van der Waals surface area contributed by atoms with Crippen LogP contribution in [0.1, 0.15) is 0 Å². The monoisotopic (exact) mass is 253 g/mol. The molecule has 0 rings (SSSR count). The van der Waals surface area contributed by atoms with Gasteiger partial charge in [-0.2, -0.15) is 0 Å². The molecule has 0 radical (unpaired) electrons. The van der Waals surface area contributed by atoms with Gasteiger partial charge in [0.2, 0.25) is 0 Å². The van der Waals surface area contributed by atoms with Crippen molar-refractivity contribution in [1.29, 1.82) is 0 Å². The van der Waals surface area contributed by atoms with Gasteiger partial charge >= 0.3 is 11.9 Å². The predicted octanol–water partition coefficient (Wildman–Crippen LogP) is 0.212. The summed E-state index contributed by atoms with van der Waals surface area (Å²) in [7, 11) is 0. The van der Waals surface area contributed by atoms with Crippen molar-refractivity contribution in [2.24, 2.45) is 0 Å². The van der Waals surface area contributed by atoms with Crippen molar-refractivity contribution >= 4 is 35.5 Å². The molecule has 0 heterocycles. The van der Waals surface area contributed by atoms with E-state index in [2.05, 4.69) is 5.32 Å². The average molecular weight is 253 g/mol. The Hall–Kier alpha value is -0.400. The quantitative estimate of drug-likeness (QED) is 0.480. The molecule has 0 aromatic heterocycles. The van der Waals surface area contributed by atoms with Crippen LogP contribution in [0, 0.1) is 0 Å².